The number of furan rings is 1. The lowest BCUT2D eigenvalue weighted by Gasteiger charge is -2.04. The summed E-state index contributed by atoms with van der Waals surface area (Å²) in [6.07, 6.45) is 1.73. The molecule has 3 rings (SSSR count). The highest BCUT2D eigenvalue weighted by molar-refractivity contribution is 7.07. The minimum absolute atomic E-state index is 0.210. The van der Waals surface area contributed by atoms with E-state index in [1.54, 1.807) is 17.6 Å². The van der Waals surface area contributed by atoms with Gasteiger partial charge >= 0.3 is 0 Å². The molecule has 0 radical (unpaired) electrons. The molecule has 4 nitrogen and oxygen atoms in total. The molecule has 0 bridgehead atoms. The highest BCUT2D eigenvalue weighted by atomic mass is 32.1. The number of aryl methyl sites for hydroxylation is 2. The zero-order valence-corrected chi connectivity index (χ0v) is 15.2. The zero-order valence-electron chi connectivity index (χ0n) is 14.4. The molecule has 2 heterocycles. The lowest BCUT2D eigenvalue weighted by Crippen LogP contribution is -2.14. The Morgan fingerprint density at radius 1 is 1.08 bits per heavy atom. The minimum atomic E-state index is 0.210. The maximum Gasteiger partial charge on any atom is 0.206 e. The molecular formula is C19H21N3OS. The molecule has 0 aliphatic heterocycles. The van der Waals surface area contributed by atoms with Crippen LogP contribution in [-0.4, -0.2) is 16.9 Å². The summed E-state index contributed by atoms with van der Waals surface area (Å²) in [5, 5.41) is 6.71. The number of hydrogen-bond acceptors (Lipinski definition) is 4. The predicted molar refractivity (Wildman–Crippen MR) is 99.6 cm³/mol. The number of hydrogen-bond donors (Lipinski definition) is 0. The second kappa shape index (κ2) is 7.01. The van der Waals surface area contributed by atoms with Crippen LogP contribution in [0.3, 0.4) is 0 Å². The summed E-state index contributed by atoms with van der Waals surface area (Å²) in [6, 6.07) is 12.5. The molecule has 0 unspecified atom stereocenters. The van der Waals surface area contributed by atoms with Crippen molar-refractivity contribution in [2.75, 3.05) is 0 Å². The van der Waals surface area contributed by atoms with Crippen molar-refractivity contribution < 1.29 is 4.42 Å². The molecule has 0 amide bonds. The first-order valence-corrected chi connectivity index (χ1v) is 8.83. The second-order valence-corrected chi connectivity index (χ2v) is 6.83. The zero-order chi connectivity index (χ0) is 17.1. The van der Waals surface area contributed by atoms with Crippen LogP contribution in [0.25, 0.3) is 11.3 Å². The SMILES string of the molecule is Cc1ccc(-c2csc(=NC(C)C)n2N=Cc2ccc(C)o2)cc1. The molecule has 0 aliphatic carbocycles. The lowest BCUT2D eigenvalue weighted by atomic mass is 10.1. The summed E-state index contributed by atoms with van der Waals surface area (Å²) in [6.45, 7) is 8.14. The van der Waals surface area contributed by atoms with Crippen molar-refractivity contribution >= 4 is 17.6 Å². The molecular weight excluding hydrogens is 318 g/mol. The van der Waals surface area contributed by atoms with Gasteiger partial charge in [0.15, 0.2) is 0 Å². The van der Waals surface area contributed by atoms with E-state index in [2.05, 4.69) is 60.5 Å². The Balaban J connectivity index is 2.08. The first-order chi connectivity index (χ1) is 11.5. The highest BCUT2D eigenvalue weighted by Crippen LogP contribution is 2.20. The van der Waals surface area contributed by atoms with Crippen LogP contribution >= 0.6 is 11.3 Å². The van der Waals surface area contributed by atoms with Crippen molar-refractivity contribution in [1.29, 1.82) is 0 Å². The van der Waals surface area contributed by atoms with Crippen LogP contribution in [0.5, 0.6) is 0 Å². The van der Waals surface area contributed by atoms with E-state index in [-0.39, 0.29) is 6.04 Å². The van der Waals surface area contributed by atoms with E-state index in [9.17, 15) is 0 Å². The molecule has 0 atom stereocenters. The average molecular weight is 339 g/mol. The number of nitrogens with zero attached hydrogens (tertiary/aromatic N) is 3. The maximum atomic E-state index is 5.57. The molecule has 0 spiro atoms. The van der Waals surface area contributed by atoms with Gasteiger partial charge < -0.3 is 4.42 Å². The number of benzene rings is 1. The molecule has 124 valence electrons. The smallest absolute Gasteiger partial charge is 0.206 e. The van der Waals surface area contributed by atoms with Crippen LogP contribution in [0.15, 0.2) is 56.3 Å². The highest BCUT2D eigenvalue weighted by Gasteiger charge is 2.08. The van der Waals surface area contributed by atoms with Gasteiger partial charge in [-0.25, -0.2) is 4.68 Å². The Labute approximate surface area is 145 Å². The molecule has 1 aromatic carbocycles. The Morgan fingerprint density at radius 2 is 1.83 bits per heavy atom. The molecule has 2 aromatic heterocycles. The average Bonchev–Trinajstić information content (AvgIpc) is 3.12. The van der Waals surface area contributed by atoms with Crippen molar-refractivity contribution in [2.24, 2.45) is 10.1 Å². The van der Waals surface area contributed by atoms with E-state index in [1.165, 1.54) is 5.56 Å². The normalized spacial score (nSPS) is 12.6. The van der Waals surface area contributed by atoms with E-state index >= 15 is 0 Å². The monoisotopic (exact) mass is 339 g/mol. The van der Waals surface area contributed by atoms with Crippen LogP contribution in [-0.2, 0) is 0 Å². The first kappa shape index (κ1) is 16.5. The molecule has 0 saturated carbocycles. The first-order valence-electron chi connectivity index (χ1n) is 7.95. The summed E-state index contributed by atoms with van der Waals surface area (Å²) in [5.74, 6) is 1.61. The minimum Gasteiger partial charge on any atom is -0.460 e. The maximum absolute atomic E-state index is 5.57. The number of rotatable bonds is 4. The largest absolute Gasteiger partial charge is 0.460 e. The Kier molecular flexibility index (Phi) is 4.81. The van der Waals surface area contributed by atoms with E-state index in [1.807, 2.05) is 23.7 Å². The number of thiazole rings is 1. The van der Waals surface area contributed by atoms with Gasteiger partial charge in [0.05, 0.1) is 11.9 Å². The summed E-state index contributed by atoms with van der Waals surface area (Å²) >= 11 is 1.60. The fourth-order valence-electron chi connectivity index (χ4n) is 2.28. The summed E-state index contributed by atoms with van der Waals surface area (Å²) in [4.78, 5) is 5.55. The van der Waals surface area contributed by atoms with Gasteiger partial charge in [0.25, 0.3) is 0 Å². The van der Waals surface area contributed by atoms with Crippen molar-refractivity contribution in [3.8, 4) is 11.3 Å². The standard InChI is InChI=1S/C19H21N3OS/c1-13(2)21-19-22(20-11-17-10-7-15(4)23-17)18(12-24-19)16-8-5-14(3)6-9-16/h5-13H,1-4H3. The third-order valence-electron chi connectivity index (χ3n) is 3.46. The van der Waals surface area contributed by atoms with Crippen LogP contribution in [0.2, 0.25) is 0 Å². The van der Waals surface area contributed by atoms with Gasteiger partial charge in [-0.15, -0.1) is 11.3 Å². The summed E-state index contributed by atoms with van der Waals surface area (Å²) in [5.41, 5.74) is 3.39. The van der Waals surface area contributed by atoms with E-state index in [0.717, 1.165) is 27.6 Å². The fourth-order valence-corrected chi connectivity index (χ4v) is 3.25. The van der Waals surface area contributed by atoms with E-state index < -0.39 is 0 Å². The van der Waals surface area contributed by atoms with Gasteiger partial charge in [0, 0.05) is 17.0 Å². The summed E-state index contributed by atoms with van der Waals surface area (Å²) in [7, 11) is 0. The van der Waals surface area contributed by atoms with Gasteiger partial charge in [-0.3, -0.25) is 4.99 Å². The van der Waals surface area contributed by atoms with Crippen LogP contribution in [0.4, 0.5) is 0 Å². The second-order valence-electron chi connectivity index (χ2n) is 6.00. The van der Waals surface area contributed by atoms with Crippen molar-refractivity contribution in [2.45, 2.75) is 33.7 Å². The third kappa shape index (κ3) is 3.74. The number of aromatic nitrogens is 1. The van der Waals surface area contributed by atoms with Crippen LogP contribution in [0, 0.1) is 13.8 Å². The molecule has 24 heavy (non-hydrogen) atoms. The predicted octanol–water partition coefficient (Wildman–Crippen LogP) is 4.62. The van der Waals surface area contributed by atoms with Gasteiger partial charge in [0.2, 0.25) is 4.80 Å². The fraction of sp³-hybridized carbons (Fsp3) is 0.263. The van der Waals surface area contributed by atoms with Crippen molar-refractivity contribution in [3.63, 3.8) is 0 Å². The van der Waals surface area contributed by atoms with E-state index in [4.69, 9.17) is 4.42 Å². The van der Waals surface area contributed by atoms with Gasteiger partial charge in [-0.2, -0.15) is 5.10 Å². The van der Waals surface area contributed by atoms with Gasteiger partial charge in [-0.05, 0) is 39.8 Å². The van der Waals surface area contributed by atoms with Gasteiger partial charge in [0.1, 0.15) is 11.5 Å². The Hall–Kier alpha value is -2.40. The summed E-state index contributed by atoms with van der Waals surface area (Å²) < 4.78 is 7.46. The van der Waals surface area contributed by atoms with Crippen LogP contribution < -0.4 is 4.80 Å². The third-order valence-corrected chi connectivity index (χ3v) is 4.29. The van der Waals surface area contributed by atoms with Gasteiger partial charge in [-0.1, -0.05) is 29.8 Å². The molecule has 0 aliphatic rings. The van der Waals surface area contributed by atoms with E-state index in [0.29, 0.717) is 0 Å². The molecule has 3 aromatic rings. The van der Waals surface area contributed by atoms with Crippen molar-refractivity contribution in [3.05, 3.63) is 63.7 Å². The van der Waals surface area contributed by atoms with Crippen molar-refractivity contribution in [1.82, 2.24) is 4.68 Å². The quantitative estimate of drug-likeness (QED) is 0.640. The molecule has 0 saturated heterocycles. The molecule has 0 N–H and O–H groups in total. The molecule has 5 heteroatoms. The lowest BCUT2D eigenvalue weighted by molar-refractivity contribution is 0.527. The van der Waals surface area contributed by atoms with Crippen LogP contribution in [0.1, 0.15) is 30.9 Å². The topological polar surface area (TPSA) is 42.8 Å². The molecule has 0 fully saturated rings. The Bertz CT molecular complexity index is 911. The Morgan fingerprint density at radius 3 is 2.46 bits per heavy atom.